The lowest BCUT2D eigenvalue weighted by molar-refractivity contribution is 0.177. The maximum Gasteiger partial charge on any atom is 0.0914 e. The normalized spacial score (nSPS) is 30.2. The first-order valence-corrected chi connectivity index (χ1v) is 8.35. The lowest BCUT2D eigenvalue weighted by Crippen LogP contribution is -2.18. The average Bonchev–Trinajstić information content (AvgIpc) is 2.99. The second-order valence-electron chi connectivity index (χ2n) is 5.91. The Kier molecular flexibility index (Phi) is 3.29. The Morgan fingerprint density at radius 1 is 0.714 bits per heavy atom. The molecule has 3 heteroatoms. The minimum absolute atomic E-state index is 0.149. The summed E-state index contributed by atoms with van der Waals surface area (Å²) < 4.78 is 0. The van der Waals surface area contributed by atoms with Gasteiger partial charge in [0.2, 0.25) is 0 Å². The van der Waals surface area contributed by atoms with Crippen molar-refractivity contribution >= 4 is 11.8 Å². The Morgan fingerprint density at radius 2 is 1.14 bits per heavy atom. The van der Waals surface area contributed by atoms with Crippen LogP contribution in [-0.2, 0) is 12.8 Å². The predicted octanol–water partition coefficient (Wildman–Crippen LogP) is 3.04. The van der Waals surface area contributed by atoms with Crippen molar-refractivity contribution in [1.82, 2.24) is 0 Å². The summed E-state index contributed by atoms with van der Waals surface area (Å²) in [6.07, 6.45) is 0.951. The van der Waals surface area contributed by atoms with Crippen LogP contribution in [0.3, 0.4) is 0 Å². The third kappa shape index (κ3) is 2.20. The topological polar surface area (TPSA) is 40.5 Å². The molecule has 0 radical (unpaired) electrons. The van der Waals surface area contributed by atoms with Crippen LogP contribution < -0.4 is 0 Å². The van der Waals surface area contributed by atoms with Crippen LogP contribution in [0.1, 0.15) is 34.5 Å². The summed E-state index contributed by atoms with van der Waals surface area (Å²) in [5.74, 6) is 0. The van der Waals surface area contributed by atoms with Crippen molar-refractivity contribution in [3.8, 4) is 0 Å². The molecule has 4 rings (SSSR count). The molecule has 2 aliphatic rings. The number of thioether (sulfide) groups is 1. The highest BCUT2D eigenvalue weighted by atomic mass is 32.2. The van der Waals surface area contributed by atoms with Gasteiger partial charge in [0.15, 0.2) is 0 Å². The minimum atomic E-state index is -0.415. The SMILES string of the molecule is OC1c2ccccc2CC1SC1Cc2ccccc2C1O. The second kappa shape index (κ2) is 5.16. The Morgan fingerprint density at radius 3 is 1.57 bits per heavy atom. The average molecular weight is 298 g/mol. The molecule has 0 amide bonds. The van der Waals surface area contributed by atoms with Crippen molar-refractivity contribution in [3.05, 3.63) is 70.8 Å². The van der Waals surface area contributed by atoms with Crippen LogP contribution in [0.4, 0.5) is 0 Å². The molecule has 0 heterocycles. The molecule has 4 atom stereocenters. The molecule has 108 valence electrons. The fourth-order valence-electron chi connectivity index (χ4n) is 3.54. The highest BCUT2D eigenvalue weighted by Crippen LogP contribution is 2.46. The molecule has 2 aromatic rings. The van der Waals surface area contributed by atoms with E-state index in [9.17, 15) is 10.2 Å². The van der Waals surface area contributed by atoms with E-state index in [1.54, 1.807) is 11.8 Å². The van der Waals surface area contributed by atoms with Gasteiger partial charge < -0.3 is 10.2 Å². The third-order valence-corrected chi connectivity index (χ3v) is 6.19. The van der Waals surface area contributed by atoms with Crippen molar-refractivity contribution < 1.29 is 10.2 Å². The van der Waals surface area contributed by atoms with Gasteiger partial charge in [-0.3, -0.25) is 0 Å². The van der Waals surface area contributed by atoms with Gasteiger partial charge in [0.25, 0.3) is 0 Å². The molecule has 2 N–H and O–H groups in total. The van der Waals surface area contributed by atoms with E-state index in [-0.39, 0.29) is 10.5 Å². The van der Waals surface area contributed by atoms with E-state index in [1.165, 1.54) is 11.1 Å². The van der Waals surface area contributed by atoms with E-state index in [1.807, 2.05) is 36.4 Å². The summed E-state index contributed by atoms with van der Waals surface area (Å²) >= 11 is 1.74. The lowest BCUT2D eigenvalue weighted by atomic mass is 10.1. The molecular formula is C18H18O2S. The predicted molar refractivity (Wildman–Crippen MR) is 85.4 cm³/mol. The van der Waals surface area contributed by atoms with Gasteiger partial charge >= 0.3 is 0 Å². The Bertz CT molecular complexity index is 612. The van der Waals surface area contributed by atoms with Crippen LogP contribution in [0.2, 0.25) is 0 Å². The minimum Gasteiger partial charge on any atom is -0.387 e. The summed E-state index contributed by atoms with van der Waals surface area (Å²) in [4.78, 5) is 0. The lowest BCUT2D eigenvalue weighted by Gasteiger charge is -2.21. The van der Waals surface area contributed by atoms with E-state index < -0.39 is 12.2 Å². The summed E-state index contributed by atoms with van der Waals surface area (Å²) in [7, 11) is 0. The zero-order valence-electron chi connectivity index (χ0n) is 11.6. The quantitative estimate of drug-likeness (QED) is 0.895. The standard InChI is InChI=1S/C18H18O2S/c19-17-13-7-3-1-5-11(13)9-15(17)21-16-10-12-6-2-4-8-14(12)18(16)20/h1-8,15-20H,9-10H2. The molecule has 21 heavy (non-hydrogen) atoms. The monoisotopic (exact) mass is 298 g/mol. The van der Waals surface area contributed by atoms with Gasteiger partial charge in [-0.05, 0) is 35.1 Å². The van der Waals surface area contributed by atoms with Crippen LogP contribution in [0.25, 0.3) is 0 Å². The molecule has 0 saturated heterocycles. The summed E-state index contributed by atoms with van der Waals surface area (Å²) in [6.45, 7) is 0. The molecule has 2 aliphatic carbocycles. The fourth-order valence-corrected chi connectivity index (χ4v) is 5.14. The fraction of sp³-hybridized carbons (Fsp3) is 0.333. The van der Waals surface area contributed by atoms with Gasteiger partial charge in [-0.1, -0.05) is 48.5 Å². The largest absolute Gasteiger partial charge is 0.387 e. The van der Waals surface area contributed by atoms with E-state index in [2.05, 4.69) is 12.1 Å². The zero-order chi connectivity index (χ0) is 14.4. The Labute approximate surface area is 128 Å². The number of rotatable bonds is 2. The summed E-state index contributed by atoms with van der Waals surface area (Å²) in [5.41, 5.74) is 4.60. The van der Waals surface area contributed by atoms with Crippen molar-refractivity contribution in [2.45, 2.75) is 35.5 Å². The number of fused-ring (bicyclic) bond motifs is 2. The zero-order valence-corrected chi connectivity index (χ0v) is 12.5. The maximum atomic E-state index is 10.5. The maximum absolute atomic E-state index is 10.5. The molecule has 0 aliphatic heterocycles. The van der Waals surface area contributed by atoms with Gasteiger partial charge in [0.05, 0.1) is 12.2 Å². The number of aliphatic hydroxyl groups excluding tert-OH is 2. The first-order valence-electron chi connectivity index (χ1n) is 7.41. The van der Waals surface area contributed by atoms with Gasteiger partial charge in [-0.25, -0.2) is 0 Å². The summed E-state index contributed by atoms with van der Waals surface area (Å²) in [5, 5.41) is 21.3. The van der Waals surface area contributed by atoms with Crippen molar-refractivity contribution in [2.75, 3.05) is 0 Å². The molecular weight excluding hydrogens is 280 g/mol. The van der Waals surface area contributed by atoms with Gasteiger partial charge in [0, 0.05) is 10.5 Å². The highest BCUT2D eigenvalue weighted by molar-refractivity contribution is 8.00. The first-order chi connectivity index (χ1) is 10.2. The van der Waals surface area contributed by atoms with Crippen LogP contribution in [0.5, 0.6) is 0 Å². The summed E-state index contributed by atoms with van der Waals surface area (Å²) in [6, 6.07) is 16.2. The van der Waals surface area contributed by atoms with Crippen molar-refractivity contribution in [1.29, 1.82) is 0 Å². The molecule has 0 aromatic heterocycles. The van der Waals surface area contributed by atoms with Gasteiger partial charge in [0.1, 0.15) is 0 Å². The van der Waals surface area contributed by atoms with Crippen LogP contribution >= 0.6 is 11.8 Å². The smallest absolute Gasteiger partial charge is 0.0914 e. The Balaban J connectivity index is 1.52. The van der Waals surface area contributed by atoms with E-state index in [0.717, 1.165) is 24.0 Å². The van der Waals surface area contributed by atoms with E-state index in [4.69, 9.17) is 0 Å². The molecule has 2 nitrogen and oxygen atoms in total. The van der Waals surface area contributed by atoms with E-state index in [0.29, 0.717) is 0 Å². The first kappa shape index (κ1) is 13.4. The molecule has 0 fully saturated rings. The molecule has 0 saturated carbocycles. The van der Waals surface area contributed by atoms with Gasteiger partial charge in [-0.2, -0.15) is 0 Å². The molecule has 4 unspecified atom stereocenters. The third-order valence-electron chi connectivity index (χ3n) is 4.64. The van der Waals surface area contributed by atoms with Crippen molar-refractivity contribution in [2.24, 2.45) is 0 Å². The number of aliphatic hydroxyl groups is 2. The number of hydrogen-bond donors (Lipinski definition) is 2. The van der Waals surface area contributed by atoms with Crippen LogP contribution in [-0.4, -0.2) is 20.7 Å². The highest BCUT2D eigenvalue weighted by Gasteiger charge is 2.38. The second-order valence-corrected chi connectivity index (χ2v) is 7.39. The molecule has 0 bridgehead atoms. The van der Waals surface area contributed by atoms with Gasteiger partial charge in [-0.15, -0.1) is 11.8 Å². The number of hydrogen-bond acceptors (Lipinski definition) is 3. The number of benzene rings is 2. The molecule has 0 spiro atoms. The van der Waals surface area contributed by atoms with Crippen LogP contribution in [0, 0.1) is 0 Å². The van der Waals surface area contributed by atoms with Crippen LogP contribution in [0.15, 0.2) is 48.5 Å². The Hall–Kier alpha value is -1.29. The molecule has 2 aromatic carbocycles. The van der Waals surface area contributed by atoms with E-state index >= 15 is 0 Å². The van der Waals surface area contributed by atoms with Crippen molar-refractivity contribution in [3.63, 3.8) is 0 Å².